The quantitative estimate of drug-likeness (QED) is 0.722. The number of aromatic nitrogens is 1. The number of halogens is 1. The summed E-state index contributed by atoms with van der Waals surface area (Å²) >= 11 is 0. The number of nitrogens with zero attached hydrogens (tertiary/aromatic N) is 1. The zero-order valence-corrected chi connectivity index (χ0v) is 13.7. The number of benzene rings is 2. The second-order valence-corrected chi connectivity index (χ2v) is 5.49. The largest absolute Gasteiger partial charge is 0.462 e. The van der Waals surface area contributed by atoms with Gasteiger partial charge in [-0.25, -0.2) is 9.18 Å². The summed E-state index contributed by atoms with van der Waals surface area (Å²) in [6, 6.07) is 12.7. The van der Waals surface area contributed by atoms with Crippen molar-refractivity contribution in [1.82, 2.24) is 4.57 Å². The summed E-state index contributed by atoms with van der Waals surface area (Å²) in [5.74, 6) is -0.923. The van der Waals surface area contributed by atoms with Crippen molar-refractivity contribution in [3.05, 3.63) is 66.1 Å². The number of amides is 1. The molecular formula is C19H17FN2O3. The van der Waals surface area contributed by atoms with Crippen LogP contribution in [0.2, 0.25) is 0 Å². The Morgan fingerprint density at radius 2 is 1.88 bits per heavy atom. The van der Waals surface area contributed by atoms with E-state index in [1.165, 1.54) is 12.1 Å². The second-order valence-electron chi connectivity index (χ2n) is 5.49. The number of nitrogens with one attached hydrogen (secondary N) is 1. The Morgan fingerprint density at radius 3 is 2.60 bits per heavy atom. The molecule has 6 heteroatoms. The van der Waals surface area contributed by atoms with Crippen molar-refractivity contribution < 1.29 is 18.7 Å². The van der Waals surface area contributed by atoms with E-state index >= 15 is 0 Å². The normalized spacial score (nSPS) is 10.6. The Hall–Kier alpha value is -3.15. The third-order valence-electron chi connectivity index (χ3n) is 3.73. The van der Waals surface area contributed by atoms with Gasteiger partial charge in [0.2, 0.25) is 5.91 Å². The van der Waals surface area contributed by atoms with Gasteiger partial charge in [-0.1, -0.05) is 0 Å². The molecule has 1 heterocycles. The summed E-state index contributed by atoms with van der Waals surface area (Å²) in [4.78, 5) is 23.8. The number of anilines is 1. The zero-order chi connectivity index (χ0) is 17.8. The van der Waals surface area contributed by atoms with Crippen molar-refractivity contribution in [2.45, 2.75) is 13.5 Å². The maximum absolute atomic E-state index is 13.2. The lowest BCUT2D eigenvalue weighted by Gasteiger charge is -2.08. The van der Waals surface area contributed by atoms with Crippen LogP contribution in [0.15, 0.2) is 54.7 Å². The number of ether oxygens (including phenoxy) is 1. The van der Waals surface area contributed by atoms with Crippen molar-refractivity contribution in [2.24, 2.45) is 0 Å². The van der Waals surface area contributed by atoms with E-state index < -0.39 is 5.97 Å². The average Bonchev–Trinajstić information content (AvgIpc) is 2.97. The van der Waals surface area contributed by atoms with Gasteiger partial charge in [0.25, 0.3) is 0 Å². The van der Waals surface area contributed by atoms with Gasteiger partial charge in [-0.2, -0.15) is 0 Å². The van der Waals surface area contributed by atoms with Crippen LogP contribution in [0, 0.1) is 5.82 Å². The third kappa shape index (κ3) is 3.85. The summed E-state index contributed by atoms with van der Waals surface area (Å²) in [5.41, 5.74) is 1.80. The predicted octanol–water partition coefficient (Wildman–Crippen LogP) is 3.60. The van der Waals surface area contributed by atoms with E-state index in [-0.39, 0.29) is 18.3 Å². The van der Waals surface area contributed by atoms with Crippen LogP contribution in [0.5, 0.6) is 0 Å². The van der Waals surface area contributed by atoms with Crippen LogP contribution < -0.4 is 5.32 Å². The minimum absolute atomic E-state index is 0.106. The molecule has 0 unspecified atom stereocenters. The van der Waals surface area contributed by atoms with Crippen LogP contribution >= 0.6 is 0 Å². The van der Waals surface area contributed by atoms with E-state index in [4.69, 9.17) is 4.74 Å². The van der Waals surface area contributed by atoms with Crippen molar-refractivity contribution in [3.8, 4) is 0 Å². The monoisotopic (exact) mass is 340 g/mol. The van der Waals surface area contributed by atoms with Gasteiger partial charge in [0.1, 0.15) is 12.4 Å². The maximum atomic E-state index is 13.2. The summed E-state index contributed by atoms with van der Waals surface area (Å²) in [6.45, 7) is 2.16. The molecule has 3 aromatic rings. The topological polar surface area (TPSA) is 60.3 Å². The van der Waals surface area contributed by atoms with Gasteiger partial charge in [-0.05, 0) is 55.5 Å². The molecule has 25 heavy (non-hydrogen) atoms. The third-order valence-corrected chi connectivity index (χ3v) is 3.73. The molecule has 0 aliphatic rings. The molecule has 1 amide bonds. The molecule has 1 N–H and O–H groups in total. The van der Waals surface area contributed by atoms with Gasteiger partial charge in [-0.3, -0.25) is 4.79 Å². The highest BCUT2D eigenvalue weighted by molar-refractivity contribution is 5.93. The molecule has 1 aromatic heterocycles. The minimum Gasteiger partial charge on any atom is -0.462 e. The SMILES string of the molecule is CCOC(=O)c1ccc(NC(=O)Cn2ccc3cc(F)ccc32)cc1. The number of carbonyl (C=O) groups is 2. The number of esters is 1. The Kier molecular flexibility index (Phi) is 4.79. The molecule has 0 aliphatic carbocycles. The lowest BCUT2D eigenvalue weighted by molar-refractivity contribution is -0.116. The first-order valence-electron chi connectivity index (χ1n) is 7.88. The number of fused-ring (bicyclic) bond motifs is 1. The van der Waals surface area contributed by atoms with Crippen molar-refractivity contribution >= 4 is 28.5 Å². The Balaban J connectivity index is 1.66. The summed E-state index contributed by atoms with van der Waals surface area (Å²) in [7, 11) is 0. The van der Waals surface area contributed by atoms with Crippen molar-refractivity contribution in [3.63, 3.8) is 0 Å². The highest BCUT2D eigenvalue weighted by Crippen LogP contribution is 2.17. The number of rotatable bonds is 5. The van der Waals surface area contributed by atoms with E-state index in [0.717, 1.165) is 10.9 Å². The van der Waals surface area contributed by atoms with Crippen LogP contribution in [-0.4, -0.2) is 23.1 Å². The maximum Gasteiger partial charge on any atom is 0.338 e. The predicted molar refractivity (Wildman–Crippen MR) is 92.9 cm³/mol. The van der Waals surface area contributed by atoms with Gasteiger partial charge in [-0.15, -0.1) is 0 Å². The highest BCUT2D eigenvalue weighted by Gasteiger charge is 2.09. The summed E-state index contributed by atoms with van der Waals surface area (Å²) < 4.78 is 19.9. The Morgan fingerprint density at radius 1 is 1.12 bits per heavy atom. The molecule has 0 saturated carbocycles. The van der Waals surface area contributed by atoms with E-state index in [9.17, 15) is 14.0 Å². The smallest absolute Gasteiger partial charge is 0.338 e. The first-order chi connectivity index (χ1) is 12.1. The van der Waals surface area contributed by atoms with E-state index in [2.05, 4.69) is 5.32 Å². The Bertz CT molecular complexity index is 916. The van der Waals surface area contributed by atoms with E-state index in [1.54, 1.807) is 54.1 Å². The molecule has 0 fully saturated rings. The van der Waals surface area contributed by atoms with Crippen LogP contribution in [0.4, 0.5) is 10.1 Å². The lowest BCUT2D eigenvalue weighted by atomic mass is 10.2. The molecule has 0 spiro atoms. The molecule has 2 aromatic carbocycles. The molecular weight excluding hydrogens is 323 g/mol. The van der Waals surface area contributed by atoms with Gasteiger partial charge < -0.3 is 14.6 Å². The number of hydrogen-bond acceptors (Lipinski definition) is 3. The number of carbonyl (C=O) groups excluding carboxylic acids is 2. The first-order valence-corrected chi connectivity index (χ1v) is 7.88. The van der Waals surface area contributed by atoms with Crippen LogP contribution in [-0.2, 0) is 16.1 Å². The van der Waals surface area contributed by atoms with Crippen molar-refractivity contribution in [1.29, 1.82) is 0 Å². The molecule has 0 saturated heterocycles. The van der Waals surface area contributed by atoms with Crippen LogP contribution in [0.1, 0.15) is 17.3 Å². The van der Waals surface area contributed by atoms with E-state index in [0.29, 0.717) is 17.9 Å². The molecule has 0 radical (unpaired) electrons. The molecule has 0 aliphatic heterocycles. The molecule has 5 nitrogen and oxygen atoms in total. The van der Waals surface area contributed by atoms with Gasteiger partial charge in [0.15, 0.2) is 0 Å². The fourth-order valence-electron chi connectivity index (χ4n) is 2.57. The molecule has 0 atom stereocenters. The fourth-order valence-corrected chi connectivity index (χ4v) is 2.57. The molecule has 0 bridgehead atoms. The van der Waals surface area contributed by atoms with Gasteiger partial charge in [0, 0.05) is 22.8 Å². The van der Waals surface area contributed by atoms with Crippen molar-refractivity contribution in [2.75, 3.05) is 11.9 Å². The second kappa shape index (κ2) is 7.17. The number of hydrogen-bond donors (Lipinski definition) is 1. The van der Waals surface area contributed by atoms with E-state index in [1.807, 2.05) is 0 Å². The minimum atomic E-state index is -0.397. The summed E-state index contributed by atoms with van der Waals surface area (Å²) in [5, 5.41) is 3.51. The molecule has 128 valence electrons. The highest BCUT2D eigenvalue weighted by atomic mass is 19.1. The molecule has 3 rings (SSSR count). The first kappa shape index (κ1) is 16.7. The van der Waals surface area contributed by atoms with Gasteiger partial charge >= 0.3 is 5.97 Å². The van der Waals surface area contributed by atoms with Crippen LogP contribution in [0.3, 0.4) is 0 Å². The van der Waals surface area contributed by atoms with Crippen LogP contribution in [0.25, 0.3) is 10.9 Å². The standard InChI is InChI=1S/C19H17FN2O3/c1-2-25-19(24)13-3-6-16(7-4-13)21-18(23)12-22-10-9-14-11-15(20)5-8-17(14)22/h3-11H,2,12H2,1H3,(H,21,23). The summed E-state index contributed by atoms with van der Waals surface area (Å²) in [6.07, 6.45) is 1.74. The fraction of sp³-hybridized carbons (Fsp3) is 0.158. The lowest BCUT2D eigenvalue weighted by Crippen LogP contribution is -2.18. The Labute approximate surface area is 144 Å². The average molecular weight is 340 g/mol. The zero-order valence-electron chi connectivity index (χ0n) is 13.7. The van der Waals surface area contributed by atoms with Gasteiger partial charge in [0.05, 0.1) is 12.2 Å².